The van der Waals surface area contributed by atoms with E-state index >= 15 is 0 Å². The number of benzene rings is 2. The van der Waals surface area contributed by atoms with Crippen LogP contribution in [0, 0.1) is 11.3 Å². The molecule has 1 unspecified atom stereocenters. The molecule has 3 nitrogen and oxygen atoms in total. The minimum absolute atomic E-state index is 0.0783. The van der Waals surface area contributed by atoms with Crippen molar-refractivity contribution in [2.75, 3.05) is 0 Å². The van der Waals surface area contributed by atoms with Crippen LogP contribution in [0.3, 0.4) is 0 Å². The van der Waals surface area contributed by atoms with Crippen molar-refractivity contribution in [3.05, 3.63) is 59.7 Å². The molecule has 3 aromatic rings. The lowest BCUT2D eigenvalue weighted by atomic mass is 9.83. The first-order valence-corrected chi connectivity index (χ1v) is 18.4. The van der Waals surface area contributed by atoms with Gasteiger partial charge in [-0.2, -0.15) is 0 Å². The molecule has 0 spiro atoms. The number of aromatic nitrogens is 3. The summed E-state index contributed by atoms with van der Waals surface area (Å²) < 4.78 is 2.13. The summed E-state index contributed by atoms with van der Waals surface area (Å²) >= 11 is 0. The minimum Gasteiger partial charge on any atom is -0.238 e. The normalized spacial score (nSPS) is 12.6. The second-order valence-electron chi connectivity index (χ2n) is 13.3. The molecule has 3 heteroatoms. The van der Waals surface area contributed by atoms with Crippen LogP contribution < -0.4 is 0 Å². The lowest BCUT2D eigenvalue weighted by molar-refractivity contribution is 0.304. The summed E-state index contributed by atoms with van der Waals surface area (Å²) in [6.07, 6.45) is 6.17. The maximum absolute atomic E-state index is 4.65. The molecule has 0 fully saturated rings. The molecule has 260 valence electrons. The summed E-state index contributed by atoms with van der Waals surface area (Å²) in [4.78, 5) is 0. The zero-order valence-electron chi connectivity index (χ0n) is 33.7. The smallest absolute Gasteiger partial charge is 0.121 e. The van der Waals surface area contributed by atoms with Crippen LogP contribution in [0.2, 0.25) is 0 Å². The molecule has 0 N–H and O–H groups in total. The molecular weight excluding hydrogens is 546 g/mol. The van der Waals surface area contributed by atoms with Gasteiger partial charge in [0.15, 0.2) is 0 Å². The van der Waals surface area contributed by atoms with Crippen molar-refractivity contribution >= 4 is 0 Å². The molecule has 1 aliphatic rings. The number of hydrogen-bond donors (Lipinski definition) is 0. The van der Waals surface area contributed by atoms with Gasteiger partial charge in [0.25, 0.3) is 0 Å². The topological polar surface area (TPSA) is 30.7 Å². The molecule has 0 aliphatic heterocycles. The van der Waals surface area contributed by atoms with Crippen molar-refractivity contribution in [3.63, 3.8) is 0 Å². The van der Waals surface area contributed by atoms with Crippen LogP contribution in [0.25, 0.3) is 22.5 Å². The van der Waals surface area contributed by atoms with Crippen LogP contribution in [-0.4, -0.2) is 15.0 Å². The zero-order chi connectivity index (χ0) is 35.8. The molecule has 0 saturated heterocycles. The Morgan fingerprint density at radius 3 is 1.67 bits per heavy atom. The van der Waals surface area contributed by atoms with Crippen LogP contribution in [0.5, 0.6) is 0 Å². The van der Waals surface area contributed by atoms with E-state index < -0.39 is 0 Å². The molecule has 0 bridgehead atoms. The van der Waals surface area contributed by atoms with Crippen molar-refractivity contribution in [3.8, 4) is 22.5 Å². The van der Waals surface area contributed by atoms with Gasteiger partial charge in [0, 0.05) is 11.1 Å². The number of hydrogen-bond acceptors (Lipinski definition) is 2. The summed E-state index contributed by atoms with van der Waals surface area (Å²) in [5, 5.41) is 9.26. The monoisotopic (exact) mass is 624 g/mol. The molecule has 45 heavy (non-hydrogen) atoms. The van der Waals surface area contributed by atoms with Crippen molar-refractivity contribution in [1.82, 2.24) is 15.0 Å². The van der Waals surface area contributed by atoms with Gasteiger partial charge >= 0.3 is 0 Å². The standard InChI is InChI=1S/C22H25N3.C7H16.C5H12.4C2H6/c1-5-22(3,4)25-21-19-13-9-8-11-17(19)15(2)14-16-10-6-7-12-18(16)20(21)23-24-25;1-4-5-6-7(2)3;1-5(2,3)4;4*1-2/h6-13,15H,5,14H2,1-4H3;7H,4-6H2,1-3H3;1-4H3;4*1-2H3. The van der Waals surface area contributed by atoms with Crippen molar-refractivity contribution in [2.45, 2.75) is 175 Å². The van der Waals surface area contributed by atoms with Gasteiger partial charge in [0.1, 0.15) is 5.69 Å². The average molecular weight is 624 g/mol. The Labute approximate surface area is 283 Å². The Bertz CT molecular complexity index is 1090. The van der Waals surface area contributed by atoms with Crippen molar-refractivity contribution in [2.24, 2.45) is 11.3 Å². The third-order valence-electron chi connectivity index (χ3n) is 6.79. The van der Waals surface area contributed by atoms with E-state index in [0.29, 0.717) is 11.3 Å². The molecule has 1 atom stereocenters. The van der Waals surface area contributed by atoms with E-state index in [1.54, 1.807) is 0 Å². The van der Waals surface area contributed by atoms with E-state index in [9.17, 15) is 0 Å². The van der Waals surface area contributed by atoms with E-state index in [1.807, 2.05) is 55.4 Å². The highest BCUT2D eigenvalue weighted by Crippen LogP contribution is 2.42. The summed E-state index contributed by atoms with van der Waals surface area (Å²) in [5.74, 6) is 1.36. The summed E-state index contributed by atoms with van der Waals surface area (Å²) in [7, 11) is 0. The van der Waals surface area contributed by atoms with Gasteiger partial charge in [-0.15, -0.1) is 5.10 Å². The van der Waals surface area contributed by atoms with Gasteiger partial charge in [-0.1, -0.05) is 191 Å². The molecule has 1 heterocycles. The van der Waals surface area contributed by atoms with E-state index in [0.717, 1.165) is 30.1 Å². The largest absolute Gasteiger partial charge is 0.238 e. The van der Waals surface area contributed by atoms with Crippen molar-refractivity contribution < 1.29 is 0 Å². The zero-order valence-corrected chi connectivity index (χ0v) is 33.7. The Morgan fingerprint density at radius 1 is 0.756 bits per heavy atom. The Kier molecular flexibility index (Phi) is 26.9. The predicted molar refractivity (Wildman–Crippen MR) is 208 cm³/mol. The highest BCUT2D eigenvalue weighted by atomic mass is 15.5. The molecule has 2 aromatic carbocycles. The van der Waals surface area contributed by atoms with Crippen LogP contribution in [0.15, 0.2) is 48.5 Å². The summed E-state index contributed by atoms with van der Waals surface area (Å²) in [5.41, 5.74) is 7.81. The number of rotatable bonds is 5. The van der Waals surface area contributed by atoms with Gasteiger partial charge in [-0.3, -0.25) is 0 Å². The van der Waals surface area contributed by atoms with Crippen molar-refractivity contribution in [1.29, 1.82) is 0 Å². The first-order valence-electron chi connectivity index (χ1n) is 18.4. The fourth-order valence-electron chi connectivity index (χ4n) is 4.40. The van der Waals surface area contributed by atoms with Crippen LogP contribution in [-0.2, 0) is 12.0 Å². The van der Waals surface area contributed by atoms with E-state index in [1.165, 1.54) is 41.5 Å². The number of unbranched alkanes of at least 4 members (excludes halogenated alkanes) is 1. The van der Waals surface area contributed by atoms with Gasteiger partial charge in [0.2, 0.25) is 0 Å². The highest BCUT2D eigenvalue weighted by molar-refractivity contribution is 5.82. The van der Waals surface area contributed by atoms with E-state index in [-0.39, 0.29) is 5.54 Å². The molecule has 0 amide bonds. The van der Waals surface area contributed by atoms with Crippen LogP contribution >= 0.6 is 0 Å². The van der Waals surface area contributed by atoms with Gasteiger partial charge in [-0.25, -0.2) is 4.68 Å². The molecule has 1 aliphatic carbocycles. The van der Waals surface area contributed by atoms with Gasteiger partial charge in [0.05, 0.1) is 11.2 Å². The van der Waals surface area contributed by atoms with Crippen LogP contribution in [0.1, 0.15) is 174 Å². The minimum atomic E-state index is -0.0783. The maximum atomic E-state index is 4.65. The van der Waals surface area contributed by atoms with Gasteiger partial charge in [-0.05, 0) is 55.1 Å². The molecular formula is C42H77N3. The molecule has 0 radical (unpaired) electrons. The Balaban J connectivity index is -0.000000735. The summed E-state index contributed by atoms with van der Waals surface area (Å²) in [6.45, 7) is 40.5. The highest BCUT2D eigenvalue weighted by Gasteiger charge is 2.30. The van der Waals surface area contributed by atoms with Gasteiger partial charge < -0.3 is 0 Å². The first kappa shape index (κ1) is 47.0. The first-order chi connectivity index (χ1) is 21.3. The van der Waals surface area contributed by atoms with E-state index in [4.69, 9.17) is 0 Å². The lowest BCUT2D eigenvalue weighted by Gasteiger charge is -2.28. The predicted octanol–water partition coefficient (Wildman–Crippen LogP) is 14.4. The molecule has 0 saturated carbocycles. The second-order valence-corrected chi connectivity index (χ2v) is 13.3. The molecule has 1 aromatic heterocycles. The third-order valence-corrected chi connectivity index (χ3v) is 6.79. The lowest BCUT2D eigenvalue weighted by Crippen LogP contribution is -2.27. The Morgan fingerprint density at radius 2 is 1.22 bits per heavy atom. The maximum Gasteiger partial charge on any atom is 0.121 e. The fraction of sp³-hybridized carbons (Fsp3) is 0.667. The second kappa shape index (κ2) is 25.7. The van der Waals surface area contributed by atoms with Crippen LogP contribution in [0.4, 0.5) is 0 Å². The van der Waals surface area contributed by atoms with E-state index in [2.05, 4.69) is 140 Å². The number of nitrogens with zero attached hydrogens (tertiary/aromatic N) is 3. The Hall–Kier alpha value is -2.42. The number of fused-ring (bicyclic) bond motifs is 5. The average Bonchev–Trinajstić information content (AvgIpc) is 3.49. The summed E-state index contributed by atoms with van der Waals surface area (Å²) in [6, 6.07) is 17.4. The molecule has 4 rings (SSSR count). The quantitative estimate of drug-likeness (QED) is 0.283. The SMILES string of the molecule is CC.CC.CC.CC.CC(C)(C)C.CCC(C)(C)n1nnc2c1-c1ccccc1C(C)Cc1ccccc1-2.CCCCC(C)C. The fourth-order valence-corrected chi connectivity index (χ4v) is 4.40. The third kappa shape index (κ3) is 17.2.